The van der Waals surface area contributed by atoms with Gasteiger partial charge in [0.1, 0.15) is 6.10 Å². The van der Waals surface area contributed by atoms with Crippen LogP contribution < -0.4 is 15.4 Å². The van der Waals surface area contributed by atoms with E-state index in [-0.39, 0.29) is 41.5 Å². The second kappa shape index (κ2) is 11.2. The standard InChI is InChI=1S/C19H30N4O3S.HI/c1-2-20-19(23-16-10-11-27(24,25)14-16)22-13-15-8-9-18(21-12-15)26-17-6-4-3-5-7-17;/h8-9,12,16-17H,2-7,10-11,13-14H2,1H3,(H2,20,22,23);1H. The monoisotopic (exact) mass is 522 g/mol. The van der Waals surface area contributed by atoms with Crippen molar-refractivity contribution in [1.29, 1.82) is 0 Å². The third kappa shape index (κ3) is 7.38. The zero-order valence-electron chi connectivity index (χ0n) is 16.4. The minimum Gasteiger partial charge on any atom is -0.474 e. The molecule has 0 radical (unpaired) electrons. The van der Waals surface area contributed by atoms with E-state index in [0.29, 0.717) is 30.9 Å². The molecule has 0 spiro atoms. The molecule has 2 fully saturated rings. The van der Waals surface area contributed by atoms with E-state index in [1.165, 1.54) is 19.3 Å². The first-order chi connectivity index (χ1) is 13.0. The lowest BCUT2D eigenvalue weighted by Crippen LogP contribution is -2.44. The first kappa shape index (κ1) is 23.2. The van der Waals surface area contributed by atoms with Gasteiger partial charge < -0.3 is 15.4 Å². The van der Waals surface area contributed by atoms with Crippen LogP contribution in [0.1, 0.15) is 51.0 Å². The van der Waals surface area contributed by atoms with Crippen molar-refractivity contribution in [1.82, 2.24) is 15.6 Å². The quantitative estimate of drug-likeness (QED) is 0.339. The van der Waals surface area contributed by atoms with Gasteiger partial charge in [-0.05, 0) is 44.6 Å². The number of aromatic nitrogens is 1. The minimum atomic E-state index is -2.91. The van der Waals surface area contributed by atoms with Crippen molar-refractivity contribution in [3.63, 3.8) is 0 Å². The van der Waals surface area contributed by atoms with Gasteiger partial charge in [0.15, 0.2) is 15.8 Å². The fourth-order valence-corrected chi connectivity index (χ4v) is 5.19. The van der Waals surface area contributed by atoms with Gasteiger partial charge in [0.25, 0.3) is 0 Å². The summed E-state index contributed by atoms with van der Waals surface area (Å²) >= 11 is 0. The molecule has 1 saturated carbocycles. The van der Waals surface area contributed by atoms with E-state index in [0.717, 1.165) is 24.9 Å². The van der Waals surface area contributed by atoms with E-state index in [4.69, 9.17) is 4.74 Å². The molecule has 1 aliphatic carbocycles. The molecule has 3 rings (SSSR count). The normalized spacial score (nSPS) is 22.3. The number of hydrogen-bond acceptors (Lipinski definition) is 5. The van der Waals surface area contributed by atoms with Crippen molar-refractivity contribution in [3.05, 3.63) is 23.9 Å². The summed E-state index contributed by atoms with van der Waals surface area (Å²) in [6.07, 6.45) is 8.72. The van der Waals surface area contributed by atoms with Crippen LogP contribution >= 0.6 is 24.0 Å². The largest absolute Gasteiger partial charge is 0.474 e. The average Bonchev–Trinajstić information content (AvgIpc) is 3.00. The van der Waals surface area contributed by atoms with Gasteiger partial charge in [-0.2, -0.15) is 0 Å². The molecule has 2 heterocycles. The summed E-state index contributed by atoms with van der Waals surface area (Å²) in [6.45, 7) is 3.19. The first-order valence-corrected chi connectivity index (χ1v) is 11.7. The van der Waals surface area contributed by atoms with E-state index >= 15 is 0 Å². The van der Waals surface area contributed by atoms with Crippen LogP contribution in [-0.2, 0) is 16.4 Å². The summed E-state index contributed by atoms with van der Waals surface area (Å²) in [5, 5.41) is 6.39. The summed E-state index contributed by atoms with van der Waals surface area (Å²) in [5.74, 6) is 1.74. The van der Waals surface area contributed by atoms with Gasteiger partial charge in [-0.25, -0.2) is 18.4 Å². The van der Waals surface area contributed by atoms with Gasteiger partial charge in [-0.15, -0.1) is 24.0 Å². The Morgan fingerprint density at radius 1 is 1.25 bits per heavy atom. The third-order valence-electron chi connectivity index (χ3n) is 4.97. The number of aliphatic imine (C=N–C) groups is 1. The van der Waals surface area contributed by atoms with Gasteiger partial charge in [0.05, 0.1) is 18.1 Å². The van der Waals surface area contributed by atoms with Crippen LogP contribution in [-0.4, -0.2) is 49.6 Å². The Hall–Kier alpha value is -1.10. The zero-order valence-corrected chi connectivity index (χ0v) is 19.5. The molecule has 1 atom stereocenters. The molecule has 0 amide bonds. The molecule has 2 N–H and O–H groups in total. The zero-order chi connectivity index (χ0) is 19.1. The summed E-state index contributed by atoms with van der Waals surface area (Å²) in [7, 11) is -2.91. The molecule has 2 aliphatic rings. The van der Waals surface area contributed by atoms with Crippen LogP contribution in [0.5, 0.6) is 5.88 Å². The predicted molar refractivity (Wildman–Crippen MR) is 122 cm³/mol. The second-order valence-electron chi connectivity index (χ2n) is 7.32. The third-order valence-corrected chi connectivity index (χ3v) is 6.74. The molecule has 0 bridgehead atoms. The van der Waals surface area contributed by atoms with Crippen LogP contribution in [0.4, 0.5) is 0 Å². The van der Waals surface area contributed by atoms with Crippen molar-refractivity contribution in [3.8, 4) is 5.88 Å². The highest BCUT2D eigenvalue weighted by Crippen LogP contribution is 2.22. The van der Waals surface area contributed by atoms with E-state index in [1.807, 2.05) is 19.1 Å². The maximum Gasteiger partial charge on any atom is 0.213 e. The summed E-state index contributed by atoms with van der Waals surface area (Å²) in [5.41, 5.74) is 0.988. The Morgan fingerprint density at radius 2 is 2.04 bits per heavy atom. The number of nitrogens with zero attached hydrogens (tertiary/aromatic N) is 2. The van der Waals surface area contributed by atoms with Gasteiger partial charge >= 0.3 is 0 Å². The number of nitrogens with one attached hydrogen (secondary N) is 2. The van der Waals surface area contributed by atoms with E-state index < -0.39 is 9.84 Å². The lowest BCUT2D eigenvalue weighted by molar-refractivity contribution is 0.148. The molecule has 9 heteroatoms. The molecular formula is C19H31IN4O3S. The van der Waals surface area contributed by atoms with Crippen LogP contribution in [0.25, 0.3) is 0 Å². The van der Waals surface area contributed by atoms with Crippen LogP contribution in [0.3, 0.4) is 0 Å². The lowest BCUT2D eigenvalue weighted by Gasteiger charge is -2.22. The van der Waals surface area contributed by atoms with Gasteiger partial charge in [-0.1, -0.05) is 12.5 Å². The highest BCUT2D eigenvalue weighted by molar-refractivity contribution is 14.0. The average molecular weight is 522 g/mol. The van der Waals surface area contributed by atoms with Crippen LogP contribution in [0, 0.1) is 0 Å². The predicted octanol–water partition coefficient (Wildman–Crippen LogP) is 2.65. The molecular weight excluding hydrogens is 491 g/mol. The van der Waals surface area contributed by atoms with E-state index in [9.17, 15) is 8.42 Å². The molecule has 1 saturated heterocycles. The number of guanidine groups is 1. The number of pyridine rings is 1. The highest BCUT2D eigenvalue weighted by Gasteiger charge is 2.28. The topological polar surface area (TPSA) is 92.7 Å². The molecule has 1 aromatic rings. The molecule has 1 aliphatic heterocycles. The number of sulfone groups is 1. The summed E-state index contributed by atoms with van der Waals surface area (Å²) in [4.78, 5) is 8.97. The Labute approximate surface area is 185 Å². The van der Waals surface area contributed by atoms with Crippen molar-refractivity contribution < 1.29 is 13.2 Å². The van der Waals surface area contributed by atoms with Crippen LogP contribution in [0.2, 0.25) is 0 Å². The van der Waals surface area contributed by atoms with E-state index in [2.05, 4.69) is 20.6 Å². The van der Waals surface area contributed by atoms with Crippen molar-refractivity contribution in [2.75, 3.05) is 18.1 Å². The second-order valence-corrected chi connectivity index (χ2v) is 9.55. The molecule has 1 unspecified atom stereocenters. The molecule has 0 aromatic carbocycles. The van der Waals surface area contributed by atoms with Crippen molar-refractivity contribution in [2.24, 2.45) is 4.99 Å². The number of ether oxygens (including phenoxy) is 1. The summed E-state index contributed by atoms with van der Waals surface area (Å²) in [6, 6.07) is 3.82. The fraction of sp³-hybridized carbons (Fsp3) is 0.684. The number of hydrogen-bond donors (Lipinski definition) is 2. The van der Waals surface area contributed by atoms with Gasteiger partial charge in [0.2, 0.25) is 5.88 Å². The Balaban J connectivity index is 0.00000280. The number of rotatable bonds is 6. The maximum absolute atomic E-state index is 11.6. The smallest absolute Gasteiger partial charge is 0.213 e. The van der Waals surface area contributed by atoms with Crippen LogP contribution in [0.15, 0.2) is 23.3 Å². The highest BCUT2D eigenvalue weighted by atomic mass is 127. The Bertz CT molecular complexity index is 734. The molecule has 158 valence electrons. The van der Waals surface area contributed by atoms with Crippen molar-refractivity contribution >= 4 is 39.8 Å². The minimum absolute atomic E-state index is 0. The van der Waals surface area contributed by atoms with Crippen molar-refractivity contribution in [2.45, 2.75) is 64.1 Å². The van der Waals surface area contributed by atoms with E-state index in [1.54, 1.807) is 6.20 Å². The lowest BCUT2D eigenvalue weighted by atomic mass is 9.98. The first-order valence-electron chi connectivity index (χ1n) is 9.91. The fourth-order valence-electron chi connectivity index (χ4n) is 3.52. The summed E-state index contributed by atoms with van der Waals surface area (Å²) < 4.78 is 29.2. The number of halogens is 1. The Morgan fingerprint density at radius 3 is 2.64 bits per heavy atom. The van der Waals surface area contributed by atoms with Gasteiger partial charge in [-0.3, -0.25) is 0 Å². The SMILES string of the molecule is CCNC(=NCc1ccc(OC2CCCCC2)nc1)NC1CCS(=O)(=O)C1.I. The molecule has 1 aromatic heterocycles. The maximum atomic E-state index is 11.6. The van der Waals surface area contributed by atoms with Gasteiger partial charge in [0, 0.05) is 24.8 Å². The molecule has 7 nitrogen and oxygen atoms in total. The molecule has 28 heavy (non-hydrogen) atoms. The Kier molecular flexibility index (Phi) is 9.26.